The van der Waals surface area contributed by atoms with Gasteiger partial charge in [0.15, 0.2) is 0 Å². The molecule has 0 radical (unpaired) electrons. The third-order valence-corrected chi connectivity index (χ3v) is 3.08. The Morgan fingerprint density at radius 2 is 1.91 bits per heavy atom. The Morgan fingerprint density at radius 3 is 2.39 bits per heavy atom. The van der Waals surface area contributed by atoms with Crippen molar-refractivity contribution < 1.29 is 32.6 Å². The molecule has 0 heterocycles. The standard InChI is InChI=1S/C14H11FN.C3H4F3.Ni/c1-10-8-13(16-2)6-7-14(10)11-4-3-5-12(15)9-11;1-2-3(4,5)6;/h1,3,5-9,16H,2H3;1-2H2;/q2*-1;. The van der Waals surface area contributed by atoms with Crippen LogP contribution in [0.2, 0.25) is 0 Å². The van der Waals surface area contributed by atoms with Crippen molar-refractivity contribution in [1.82, 2.24) is 0 Å². The summed E-state index contributed by atoms with van der Waals surface area (Å²) in [7, 11) is 1.85. The van der Waals surface area contributed by atoms with E-state index in [-0.39, 0.29) is 5.82 Å². The molecule has 0 saturated carbocycles. The van der Waals surface area contributed by atoms with Crippen molar-refractivity contribution in [1.29, 1.82) is 0 Å². The van der Waals surface area contributed by atoms with Crippen molar-refractivity contribution in [2.45, 2.75) is 12.6 Å². The van der Waals surface area contributed by atoms with Gasteiger partial charge in [-0.3, -0.25) is 0 Å². The Morgan fingerprint density at radius 1 is 1.26 bits per heavy atom. The maximum Gasteiger partial charge on any atom is 0.363 e. The van der Waals surface area contributed by atoms with Crippen LogP contribution >= 0.6 is 0 Å². The summed E-state index contributed by atoms with van der Waals surface area (Å²) in [5.74, 6) is -0.268. The van der Waals surface area contributed by atoms with Crippen molar-refractivity contribution >= 4 is 10.7 Å². The fourth-order valence-corrected chi connectivity index (χ4v) is 1.87. The molecule has 1 N–H and O–H groups in total. The number of alkyl halides is 3. The summed E-state index contributed by atoms with van der Waals surface area (Å²) in [6, 6.07) is 13.2. The summed E-state index contributed by atoms with van der Waals surface area (Å²) >= 11 is 4.68. The third kappa shape index (κ3) is 6.53. The summed E-state index contributed by atoms with van der Waals surface area (Å²) in [5.41, 5.74) is 3.50. The maximum absolute atomic E-state index is 13.2. The van der Waals surface area contributed by atoms with E-state index in [0.717, 1.165) is 22.4 Å². The maximum atomic E-state index is 13.2. The summed E-state index contributed by atoms with van der Waals surface area (Å²) in [4.78, 5) is 1.63. The summed E-state index contributed by atoms with van der Waals surface area (Å²) in [5, 5.41) is 3.05. The van der Waals surface area contributed by atoms with Crippen LogP contribution in [-0.4, -0.2) is 18.2 Å². The van der Waals surface area contributed by atoms with Gasteiger partial charge in [0.2, 0.25) is 0 Å². The van der Waals surface area contributed by atoms with Gasteiger partial charge in [-0.15, -0.1) is 0 Å². The van der Waals surface area contributed by atoms with Gasteiger partial charge in [-0.2, -0.15) is 13.2 Å². The van der Waals surface area contributed by atoms with E-state index in [4.69, 9.17) is 0 Å². The first kappa shape index (κ1) is 19.4. The van der Waals surface area contributed by atoms with Gasteiger partial charge in [0.25, 0.3) is 0 Å². The van der Waals surface area contributed by atoms with E-state index in [2.05, 4.69) is 33.3 Å². The molecule has 0 atom stereocenters. The van der Waals surface area contributed by atoms with Crippen LogP contribution in [0.5, 0.6) is 0 Å². The molecule has 0 aliphatic rings. The fraction of sp³-hybridized carbons (Fsp3) is 0.176. The van der Waals surface area contributed by atoms with Crippen LogP contribution in [0.25, 0.3) is 11.1 Å². The normalized spacial score (nSPS) is 10.6. The Labute approximate surface area is 140 Å². The van der Waals surface area contributed by atoms with Gasteiger partial charge in [0.1, 0.15) is 0 Å². The van der Waals surface area contributed by atoms with E-state index in [9.17, 15) is 17.6 Å². The molecule has 0 unspecified atom stereocenters. The van der Waals surface area contributed by atoms with Crippen LogP contribution in [0.3, 0.4) is 0 Å². The Balaban J connectivity index is 0.000000379. The van der Waals surface area contributed by atoms with Crippen molar-refractivity contribution in [3.8, 4) is 11.1 Å². The molecule has 0 fully saturated rings. The summed E-state index contributed by atoms with van der Waals surface area (Å²) in [6.07, 6.45) is -5.05. The molecular formula is C17H15F4NNi-2. The van der Waals surface area contributed by atoms with Crippen LogP contribution in [0.15, 0.2) is 36.4 Å². The first-order chi connectivity index (χ1) is 10.8. The molecule has 2 rings (SSSR count). The van der Waals surface area contributed by atoms with Gasteiger partial charge in [-0.05, 0) is 0 Å². The SMILES string of the molecule is CNc1ccc(-c2[c-]ccc(F)c2)c([CH]=[Ni])c1.[CH2-]CC(F)(F)F. The average Bonchev–Trinajstić information content (AvgIpc) is 2.54. The van der Waals surface area contributed by atoms with E-state index in [0.29, 0.717) is 0 Å². The molecule has 0 aromatic heterocycles. The predicted octanol–water partition coefficient (Wildman–Crippen LogP) is 4.80. The number of hydrogen-bond donors (Lipinski definition) is 1. The molecule has 1 nitrogen and oxygen atoms in total. The molecule has 128 valence electrons. The molecule has 0 bridgehead atoms. The minimum Gasteiger partial charge on any atom is -0.335 e. The number of nitrogens with one attached hydrogen (secondary N) is 1. The first-order valence-electron chi connectivity index (χ1n) is 6.56. The van der Waals surface area contributed by atoms with E-state index in [1.807, 2.05) is 25.2 Å². The first-order valence-corrected chi connectivity index (χ1v) is 7.13. The number of hydrogen-bond acceptors (Lipinski definition) is 1. The van der Waals surface area contributed by atoms with Crippen molar-refractivity contribution in [3.05, 3.63) is 60.8 Å². The number of anilines is 1. The monoisotopic (exact) mass is 367 g/mol. The summed E-state index contributed by atoms with van der Waals surface area (Å²) in [6.45, 7) is 2.63. The average molecular weight is 368 g/mol. The van der Waals surface area contributed by atoms with E-state index in [1.165, 1.54) is 12.1 Å². The van der Waals surface area contributed by atoms with Crippen molar-refractivity contribution in [2.24, 2.45) is 0 Å². The Kier molecular flexibility index (Phi) is 7.43. The topological polar surface area (TPSA) is 12.0 Å². The van der Waals surface area contributed by atoms with Gasteiger partial charge in [-0.1, -0.05) is 6.42 Å². The van der Waals surface area contributed by atoms with Gasteiger partial charge < -0.3 is 6.92 Å². The molecule has 0 aliphatic carbocycles. The third-order valence-electron chi connectivity index (χ3n) is 2.78. The number of halogens is 4. The van der Waals surface area contributed by atoms with Crippen LogP contribution < -0.4 is 5.32 Å². The van der Waals surface area contributed by atoms with Crippen LogP contribution in [-0.2, 0) is 15.0 Å². The second-order valence-electron chi connectivity index (χ2n) is 4.43. The molecule has 0 spiro atoms. The van der Waals surface area contributed by atoms with E-state index >= 15 is 0 Å². The molecular weight excluding hydrogens is 353 g/mol. The number of benzene rings is 2. The number of rotatable bonds is 3. The van der Waals surface area contributed by atoms with Crippen LogP contribution in [0.1, 0.15) is 12.0 Å². The smallest absolute Gasteiger partial charge is 0.335 e. The summed E-state index contributed by atoms with van der Waals surface area (Å²) < 4.78 is 45.3. The van der Waals surface area contributed by atoms with Gasteiger partial charge in [-0.25, -0.2) is 0 Å². The van der Waals surface area contributed by atoms with Crippen molar-refractivity contribution in [3.63, 3.8) is 0 Å². The van der Waals surface area contributed by atoms with Gasteiger partial charge in [0.05, 0.1) is 0 Å². The van der Waals surface area contributed by atoms with E-state index < -0.39 is 12.6 Å². The van der Waals surface area contributed by atoms with Crippen molar-refractivity contribution in [2.75, 3.05) is 12.4 Å². The molecule has 2 aromatic rings. The van der Waals surface area contributed by atoms with Gasteiger partial charge >= 0.3 is 114 Å². The zero-order chi connectivity index (χ0) is 17.5. The Bertz CT molecular complexity index is 653. The predicted molar refractivity (Wildman–Crippen MR) is 81.4 cm³/mol. The minimum atomic E-state index is -4.07. The molecule has 2 aromatic carbocycles. The van der Waals surface area contributed by atoms with Gasteiger partial charge in [0, 0.05) is 0 Å². The zero-order valence-corrected chi connectivity index (χ0v) is 13.3. The van der Waals surface area contributed by atoms with Crippen LogP contribution in [0.4, 0.5) is 23.2 Å². The fourth-order valence-electron chi connectivity index (χ4n) is 1.63. The quantitative estimate of drug-likeness (QED) is 0.466. The zero-order valence-electron chi connectivity index (χ0n) is 12.3. The Hall–Kier alpha value is -1.68. The molecule has 0 aliphatic heterocycles. The molecule has 0 amide bonds. The molecule has 23 heavy (non-hydrogen) atoms. The largest absolute Gasteiger partial charge is 0.363 e. The van der Waals surface area contributed by atoms with E-state index in [1.54, 1.807) is 11.1 Å². The molecule has 6 heteroatoms. The van der Waals surface area contributed by atoms with Crippen LogP contribution in [0, 0.1) is 18.8 Å². The second kappa shape index (κ2) is 8.83. The minimum absolute atomic E-state index is 0.268. The molecule has 0 saturated heterocycles. The second-order valence-corrected chi connectivity index (χ2v) is 4.71.